The molecule has 0 spiro atoms. The zero-order valence-electron chi connectivity index (χ0n) is 11.3. The van der Waals surface area contributed by atoms with Gasteiger partial charge in [-0.25, -0.2) is 0 Å². The van der Waals surface area contributed by atoms with E-state index >= 15 is 0 Å². The summed E-state index contributed by atoms with van der Waals surface area (Å²) in [6.45, 7) is 7.22. The maximum Gasteiger partial charge on any atom is 0.0434 e. The van der Waals surface area contributed by atoms with Crippen molar-refractivity contribution in [2.24, 2.45) is 0 Å². The molecule has 1 aromatic carbocycles. The van der Waals surface area contributed by atoms with Gasteiger partial charge in [0.25, 0.3) is 0 Å². The first kappa shape index (κ1) is 12.6. The highest BCUT2D eigenvalue weighted by molar-refractivity contribution is 5.45. The smallest absolute Gasteiger partial charge is 0.0434 e. The summed E-state index contributed by atoms with van der Waals surface area (Å²) in [6.07, 6.45) is 5.73. The number of rotatable bonds is 3. The van der Waals surface area contributed by atoms with Crippen molar-refractivity contribution in [3.63, 3.8) is 0 Å². The molecular weight excluding hydrogens is 208 g/mol. The molecule has 1 aliphatic rings. The lowest BCUT2D eigenvalue weighted by molar-refractivity contribution is 0.288. The Labute approximate surface area is 105 Å². The van der Waals surface area contributed by atoms with Gasteiger partial charge >= 0.3 is 0 Å². The van der Waals surface area contributed by atoms with Gasteiger partial charge in [-0.1, -0.05) is 26.0 Å². The number of benzene rings is 1. The van der Waals surface area contributed by atoms with Gasteiger partial charge in [-0.15, -0.1) is 0 Å². The molecule has 94 valence electrons. The van der Waals surface area contributed by atoms with Crippen molar-refractivity contribution < 1.29 is 5.11 Å². The molecule has 0 atom stereocenters. The molecule has 0 unspecified atom stereocenters. The summed E-state index contributed by atoms with van der Waals surface area (Å²) in [5.74, 6) is 0. The summed E-state index contributed by atoms with van der Waals surface area (Å²) < 4.78 is 0. The van der Waals surface area contributed by atoms with Crippen LogP contribution in [0.5, 0.6) is 0 Å². The fourth-order valence-electron chi connectivity index (χ4n) is 3.18. The molecular formula is C16H24O. The van der Waals surface area contributed by atoms with Gasteiger partial charge in [0.1, 0.15) is 0 Å². The van der Waals surface area contributed by atoms with Gasteiger partial charge in [-0.05, 0) is 66.7 Å². The molecule has 0 fully saturated rings. The van der Waals surface area contributed by atoms with Crippen LogP contribution in [0.3, 0.4) is 0 Å². The van der Waals surface area contributed by atoms with E-state index < -0.39 is 0 Å². The quantitative estimate of drug-likeness (QED) is 0.845. The molecule has 0 heterocycles. The Bertz CT molecular complexity index is 404. The highest BCUT2D eigenvalue weighted by Crippen LogP contribution is 2.39. The van der Waals surface area contributed by atoms with Crippen molar-refractivity contribution in [3.8, 4) is 0 Å². The Kier molecular flexibility index (Phi) is 3.58. The third kappa shape index (κ3) is 2.40. The molecule has 1 aromatic rings. The summed E-state index contributed by atoms with van der Waals surface area (Å²) >= 11 is 0. The molecule has 0 bridgehead atoms. The van der Waals surface area contributed by atoms with Crippen LogP contribution in [0.15, 0.2) is 12.1 Å². The lowest BCUT2D eigenvalue weighted by atomic mass is 9.70. The van der Waals surface area contributed by atoms with Crippen LogP contribution < -0.4 is 0 Å². The lowest BCUT2D eigenvalue weighted by Crippen LogP contribution is -2.25. The second kappa shape index (κ2) is 4.81. The Morgan fingerprint density at radius 1 is 1.29 bits per heavy atom. The maximum atomic E-state index is 9.03. The molecule has 2 rings (SSSR count). The fourth-order valence-corrected chi connectivity index (χ4v) is 3.18. The van der Waals surface area contributed by atoms with Gasteiger partial charge in [-0.3, -0.25) is 0 Å². The van der Waals surface area contributed by atoms with Crippen molar-refractivity contribution in [1.82, 2.24) is 0 Å². The van der Waals surface area contributed by atoms with E-state index in [-0.39, 0.29) is 0 Å². The molecule has 1 aliphatic carbocycles. The van der Waals surface area contributed by atoms with Gasteiger partial charge in [0.05, 0.1) is 0 Å². The van der Waals surface area contributed by atoms with Crippen molar-refractivity contribution in [3.05, 3.63) is 34.4 Å². The first-order chi connectivity index (χ1) is 8.06. The summed E-state index contributed by atoms with van der Waals surface area (Å²) in [5, 5.41) is 9.03. The summed E-state index contributed by atoms with van der Waals surface area (Å²) in [5.41, 5.74) is 6.35. The van der Waals surface area contributed by atoms with Crippen LogP contribution in [0, 0.1) is 6.92 Å². The van der Waals surface area contributed by atoms with Crippen molar-refractivity contribution in [2.45, 2.75) is 58.3 Å². The zero-order valence-corrected chi connectivity index (χ0v) is 11.3. The predicted octanol–water partition coefficient (Wildman–Crippen LogP) is 3.53. The highest BCUT2D eigenvalue weighted by Gasteiger charge is 2.28. The van der Waals surface area contributed by atoms with E-state index in [9.17, 15) is 0 Å². The number of hydrogen-bond acceptors (Lipinski definition) is 1. The van der Waals surface area contributed by atoms with Crippen LogP contribution in [-0.2, 0) is 18.3 Å². The zero-order chi connectivity index (χ0) is 12.5. The monoisotopic (exact) mass is 232 g/mol. The third-order valence-corrected chi connectivity index (χ3v) is 4.21. The van der Waals surface area contributed by atoms with Crippen LogP contribution in [0.4, 0.5) is 0 Å². The molecule has 17 heavy (non-hydrogen) atoms. The minimum absolute atomic E-state index is 0.298. The van der Waals surface area contributed by atoms with Crippen LogP contribution in [0.1, 0.15) is 55.4 Å². The van der Waals surface area contributed by atoms with Crippen LogP contribution in [-0.4, -0.2) is 11.7 Å². The van der Waals surface area contributed by atoms with Crippen LogP contribution in [0.25, 0.3) is 0 Å². The Hall–Kier alpha value is -0.820. The van der Waals surface area contributed by atoms with Gasteiger partial charge in [0.15, 0.2) is 0 Å². The number of aryl methyl sites for hydroxylation is 1. The first-order valence-electron chi connectivity index (χ1n) is 6.79. The largest absolute Gasteiger partial charge is 0.396 e. The lowest BCUT2D eigenvalue weighted by Gasteiger charge is -2.34. The Morgan fingerprint density at radius 3 is 2.76 bits per heavy atom. The Balaban J connectivity index is 2.45. The molecule has 1 heteroatoms. The van der Waals surface area contributed by atoms with E-state index in [2.05, 4.69) is 32.9 Å². The average molecular weight is 232 g/mol. The summed E-state index contributed by atoms with van der Waals surface area (Å²) in [7, 11) is 0. The highest BCUT2D eigenvalue weighted by atomic mass is 16.2. The van der Waals surface area contributed by atoms with Crippen LogP contribution in [0.2, 0.25) is 0 Å². The molecule has 0 saturated heterocycles. The summed E-state index contributed by atoms with van der Waals surface area (Å²) in [6, 6.07) is 4.59. The molecule has 1 N–H and O–H groups in total. The predicted molar refractivity (Wildman–Crippen MR) is 72.5 cm³/mol. The van der Waals surface area contributed by atoms with Crippen molar-refractivity contribution >= 4 is 0 Å². The fraction of sp³-hybridized carbons (Fsp3) is 0.625. The molecule has 0 amide bonds. The van der Waals surface area contributed by atoms with Crippen molar-refractivity contribution in [1.29, 1.82) is 0 Å². The number of fused-ring (bicyclic) bond motifs is 1. The van der Waals surface area contributed by atoms with Gasteiger partial charge in [0.2, 0.25) is 0 Å². The van der Waals surface area contributed by atoms with Crippen LogP contribution >= 0.6 is 0 Å². The first-order valence-corrected chi connectivity index (χ1v) is 6.79. The van der Waals surface area contributed by atoms with Crippen molar-refractivity contribution in [2.75, 3.05) is 6.61 Å². The van der Waals surface area contributed by atoms with Gasteiger partial charge < -0.3 is 5.11 Å². The van der Waals surface area contributed by atoms with E-state index in [1.807, 2.05) is 0 Å². The number of aliphatic hydroxyl groups is 1. The van der Waals surface area contributed by atoms with E-state index in [1.165, 1.54) is 30.4 Å². The topological polar surface area (TPSA) is 20.2 Å². The Morgan fingerprint density at radius 2 is 2.06 bits per heavy atom. The summed E-state index contributed by atoms with van der Waals surface area (Å²) in [4.78, 5) is 0. The van der Waals surface area contributed by atoms with E-state index in [1.54, 1.807) is 11.1 Å². The van der Waals surface area contributed by atoms with E-state index in [4.69, 9.17) is 5.11 Å². The molecule has 0 aliphatic heterocycles. The van der Waals surface area contributed by atoms with E-state index in [0.717, 1.165) is 12.8 Å². The third-order valence-electron chi connectivity index (χ3n) is 4.21. The molecule has 1 nitrogen and oxygen atoms in total. The minimum Gasteiger partial charge on any atom is -0.396 e. The second-order valence-corrected chi connectivity index (χ2v) is 5.95. The average Bonchev–Trinajstić information content (AvgIpc) is 2.27. The standard InChI is InChI=1S/C16H24O/c1-12-8-9-15-14(13(12)7-5-11-17)6-4-10-16(15,2)3/h8-9,17H,4-7,10-11H2,1-3H3. The van der Waals surface area contributed by atoms with Gasteiger partial charge in [-0.2, -0.15) is 0 Å². The number of hydrogen-bond donors (Lipinski definition) is 1. The SMILES string of the molecule is Cc1ccc2c(c1CCCO)CCCC2(C)C. The molecule has 0 saturated carbocycles. The number of aliphatic hydroxyl groups excluding tert-OH is 1. The minimum atomic E-state index is 0.298. The van der Waals surface area contributed by atoms with E-state index in [0.29, 0.717) is 12.0 Å². The maximum absolute atomic E-state index is 9.03. The second-order valence-electron chi connectivity index (χ2n) is 5.95. The normalized spacial score (nSPS) is 17.9. The van der Waals surface area contributed by atoms with Gasteiger partial charge in [0, 0.05) is 6.61 Å². The molecule has 0 radical (unpaired) electrons. The molecule has 0 aromatic heterocycles.